The van der Waals surface area contributed by atoms with Gasteiger partial charge in [0.2, 0.25) is 0 Å². The van der Waals surface area contributed by atoms with Crippen molar-refractivity contribution in [2.24, 2.45) is 0 Å². The van der Waals surface area contributed by atoms with E-state index < -0.39 is 17.8 Å². The van der Waals surface area contributed by atoms with Gasteiger partial charge in [0.25, 0.3) is 5.91 Å². The molecule has 0 spiro atoms. The highest BCUT2D eigenvalue weighted by atomic mass is 19.4. The number of hydrogen-bond donors (Lipinski definition) is 1. The predicted molar refractivity (Wildman–Crippen MR) is 141 cm³/mol. The number of nitrogens with zero attached hydrogens (tertiary/aromatic N) is 5. The first kappa shape index (κ1) is 26.4. The molecular weight excluding hydrogens is 521 g/mol. The number of benzene rings is 1. The number of amides is 1. The molecule has 200 valence electrons. The fourth-order valence-electron chi connectivity index (χ4n) is 3.99. The van der Waals surface area contributed by atoms with Gasteiger partial charge in [-0.3, -0.25) is 19.6 Å². The maximum Gasteiger partial charge on any atom is 0.433 e. The van der Waals surface area contributed by atoms with Gasteiger partial charge in [-0.25, -0.2) is 9.67 Å². The molecular formula is C29H21F3N6O2. The van der Waals surface area contributed by atoms with Crippen molar-refractivity contribution in [3.63, 3.8) is 0 Å². The van der Waals surface area contributed by atoms with E-state index in [2.05, 4.69) is 25.4 Å². The van der Waals surface area contributed by atoms with Gasteiger partial charge in [0.05, 0.1) is 17.6 Å². The summed E-state index contributed by atoms with van der Waals surface area (Å²) < 4.78 is 42.0. The first-order valence-corrected chi connectivity index (χ1v) is 12.2. The van der Waals surface area contributed by atoms with Crippen LogP contribution < -0.4 is 5.32 Å². The van der Waals surface area contributed by atoms with Crippen molar-refractivity contribution in [2.45, 2.75) is 19.0 Å². The van der Waals surface area contributed by atoms with Crippen LogP contribution in [0, 0.1) is 0 Å². The molecule has 0 radical (unpaired) electrons. The lowest BCUT2D eigenvalue weighted by molar-refractivity contribution is -0.142. The van der Waals surface area contributed by atoms with Crippen molar-refractivity contribution in [1.82, 2.24) is 24.7 Å². The van der Waals surface area contributed by atoms with E-state index in [0.29, 0.717) is 17.5 Å². The van der Waals surface area contributed by atoms with Crippen LogP contribution in [0.1, 0.15) is 38.4 Å². The van der Waals surface area contributed by atoms with Crippen LogP contribution in [0.15, 0.2) is 97.7 Å². The van der Waals surface area contributed by atoms with E-state index in [1.165, 1.54) is 36.8 Å². The third kappa shape index (κ3) is 6.09. The number of anilines is 1. The Morgan fingerprint density at radius 3 is 2.35 bits per heavy atom. The Kier molecular flexibility index (Phi) is 7.45. The van der Waals surface area contributed by atoms with E-state index in [9.17, 15) is 22.8 Å². The van der Waals surface area contributed by atoms with Crippen LogP contribution in [0.4, 0.5) is 19.0 Å². The van der Waals surface area contributed by atoms with E-state index in [4.69, 9.17) is 0 Å². The van der Waals surface area contributed by atoms with Crippen LogP contribution in [0.2, 0.25) is 0 Å². The quantitative estimate of drug-likeness (QED) is 0.248. The first-order chi connectivity index (χ1) is 19.3. The summed E-state index contributed by atoms with van der Waals surface area (Å²) in [5.74, 6) is -0.506. The van der Waals surface area contributed by atoms with Crippen molar-refractivity contribution in [2.75, 3.05) is 5.32 Å². The smallest absolute Gasteiger partial charge is 0.307 e. The highest BCUT2D eigenvalue weighted by molar-refractivity contribution is 6.06. The lowest BCUT2D eigenvalue weighted by Gasteiger charge is -2.11. The lowest BCUT2D eigenvalue weighted by atomic mass is 10.0. The van der Waals surface area contributed by atoms with Gasteiger partial charge in [0.15, 0.2) is 5.78 Å². The van der Waals surface area contributed by atoms with Crippen molar-refractivity contribution in [3.8, 4) is 16.9 Å². The number of ketones is 1. The zero-order chi connectivity index (χ0) is 28.1. The fraction of sp³-hybridized carbons (Fsp3) is 0.103. The standard InChI is InChI=1S/C29H21F3N6O2/c30-29(31,32)26-16-24(22-5-2-12-34-17-22)37-38(26)23-7-9-27(35-18-23)36-28(40)21-4-1-3-20(15-21)25(39)8-6-19-10-13-33-14-11-19/h1-5,7,9-18H,6,8H2,(H,35,36,40). The summed E-state index contributed by atoms with van der Waals surface area (Å²) >= 11 is 0. The van der Waals surface area contributed by atoms with Crippen LogP contribution in [0.3, 0.4) is 0 Å². The molecule has 0 aliphatic carbocycles. The Morgan fingerprint density at radius 2 is 1.65 bits per heavy atom. The maximum absolute atomic E-state index is 13.7. The van der Waals surface area contributed by atoms with Gasteiger partial charge in [-0.05, 0) is 66.6 Å². The second kappa shape index (κ2) is 11.3. The van der Waals surface area contributed by atoms with Gasteiger partial charge in [0, 0.05) is 47.9 Å². The average Bonchev–Trinajstić information content (AvgIpc) is 3.44. The largest absolute Gasteiger partial charge is 0.433 e. The summed E-state index contributed by atoms with van der Waals surface area (Å²) in [7, 11) is 0. The van der Waals surface area contributed by atoms with Crippen molar-refractivity contribution < 1.29 is 22.8 Å². The Labute approximate surface area is 226 Å². The third-order valence-electron chi connectivity index (χ3n) is 6.03. The highest BCUT2D eigenvalue weighted by Gasteiger charge is 2.36. The molecule has 0 fully saturated rings. The van der Waals surface area contributed by atoms with Crippen LogP contribution in [-0.2, 0) is 12.6 Å². The number of aryl methyl sites for hydroxylation is 1. The minimum absolute atomic E-state index is 0.0576. The van der Waals surface area contributed by atoms with Gasteiger partial charge < -0.3 is 5.32 Å². The zero-order valence-corrected chi connectivity index (χ0v) is 20.8. The number of aromatic nitrogens is 5. The number of Topliss-reactive ketones (excluding diaryl/α,β-unsaturated/α-hetero) is 1. The first-order valence-electron chi connectivity index (χ1n) is 12.2. The van der Waals surface area contributed by atoms with Crippen LogP contribution >= 0.6 is 0 Å². The number of rotatable bonds is 8. The molecule has 1 aromatic carbocycles. The minimum Gasteiger partial charge on any atom is -0.307 e. The van der Waals surface area contributed by atoms with E-state index in [-0.39, 0.29) is 35.0 Å². The minimum atomic E-state index is -4.67. The molecule has 4 aromatic heterocycles. The molecule has 40 heavy (non-hydrogen) atoms. The Morgan fingerprint density at radius 1 is 0.850 bits per heavy atom. The van der Waals surface area contributed by atoms with E-state index >= 15 is 0 Å². The molecule has 0 saturated carbocycles. The van der Waals surface area contributed by atoms with Crippen molar-refractivity contribution in [3.05, 3.63) is 120 Å². The molecule has 1 N–H and O–H groups in total. The van der Waals surface area contributed by atoms with Crippen LogP contribution in [-0.4, -0.2) is 36.4 Å². The molecule has 0 saturated heterocycles. The van der Waals surface area contributed by atoms with Gasteiger partial charge in [-0.15, -0.1) is 0 Å². The summed E-state index contributed by atoms with van der Waals surface area (Å²) in [5, 5.41) is 6.72. The Balaban J connectivity index is 1.30. The van der Waals surface area contributed by atoms with E-state index in [1.54, 1.807) is 42.7 Å². The fourth-order valence-corrected chi connectivity index (χ4v) is 3.99. The molecule has 0 atom stereocenters. The molecule has 5 aromatic rings. The summed E-state index contributed by atoms with van der Waals surface area (Å²) in [5.41, 5.74) is 1.24. The number of pyridine rings is 3. The molecule has 1 amide bonds. The Hall–Kier alpha value is -5.19. The second-order valence-electron chi connectivity index (χ2n) is 8.78. The van der Waals surface area contributed by atoms with Crippen molar-refractivity contribution in [1.29, 1.82) is 0 Å². The van der Waals surface area contributed by atoms with Gasteiger partial charge in [-0.1, -0.05) is 12.1 Å². The highest BCUT2D eigenvalue weighted by Crippen LogP contribution is 2.34. The number of carbonyl (C=O) groups is 2. The Bertz CT molecular complexity index is 1640. The van der Waals surface area contributed by atoms with E-state index in [0.717, 1.165) is 16.3 Å². The number of nitrogens with one attached hydrogen (secondary N) is 1. The summed E-state index contributed by atoms with van der Waals surface area (Å²) in [4.78, 5) is 37.5. The SMILES string of the molecule is O=C(CCc1ccncc1)c1cccc(C(=O)Nc2ccc(-n3nc(-c4cccnc4)cc3C(F)(F)F)cn2)c1. The van der Waals surface area contributed by atoms with E-state index in [1.807, 2.05) is 12.1 Å². The summed E-state index contributed by atoms with van der Waals surface area (Å²) in [6, 6.07) is 16.9. The normalized spacial score (nSPS) is 11.3. The zero-order valence-electron chi connectivity index (χ0n) is 20.8. The number of hydrogen-bond acceptors (Lipinski definition) is 6. The monoisotopic (exact) mass is 542 g/mol. The van der Waals surface area contributed by atoms with Gasteiger partial charge >= 0.3 is 6.18 Å². The molecule has 5 rings (SSSR count). The van der Waals surface area contributed by atoms with Gasteiger partial charge in [-0.2, -0.15) is 18.3 Å². The van der Waals surface area contributed by atoms with Gasteiger partial charge in [0.1, 0.15) is 11.5 Å². The van der Waals surface area contributed by atoms with Crippen molar-refractivity contribution >= 4 is 17.5 Å². The predicted octanol–water partition coefficient (Wildman–Crippen LogP) is 5.81. The molecule has 4 heterocycles. The molecule has 0 bridgehead atoms. The number of carbonyl (C=O) groups excluding carboxylic acids is 2. The summed E-state index contributed by atoms with van der Waals surface area (Å²) in [6.07, 6.45) is 3.60. The maximum atomic E-state index is 13.7. The lowest BCUT2D eigenvalue weighted by Crippen LogP contribution is -2.15. The summed E-state index contributed by atoms with van der Waals surface area (Å²) in [6.45, 7) is 0. The molecule has 11 heteroatoms. The van der Waals surface area contributed by atoms with Crippen LogP contribution in [0.5, 0.6) is 0 Å². The van der Waals surface area contributed by atoms with Crippen LogP contribution in [0.25, 0.3) is 16.9 Å². The number of halogens is 3. The molecule has 0 aliphatic heterocycles. The number of alkyl halides is 3. The molecule has 0 unspecified atom stereocenters. The third-order valence-corrected chi connectivity index (χ3v) is 6.03. The molecule has 0 aliphatic rings. The average molecular weight is 543 g/mol. The second-order valence-corrected chi connectivity index (χ2v) is 8.78. The molecule has 8 nitrogen and oxygen atoms in total. The topological polar surface area (TPSA) is 103 Å².